The molecule has 47 heavy (non-hydrogen) atoms. The van der Waals surface area contributed by atoms with Crippen LogP contribution in [0.15, 0.2) is 60.7 Å². The first-order valence-electron chi connectivity index (χ1n) is 16.4. The number of likely N-dealkylation sites (tertiary alicyclic amines) is 1. The van der Waals surface area contributed by atoms with Crippen LogP contribution in [-0.4, -0.2) is 67.0 Å². The van der Waals surface area contributed by atoms with Gasteiger partial charge in [0.1, 0.15) is 6.61 Å². The Bertz CT molecular complexity index is 1500. The molecule has 250 valence electrons. The Morgan fingerprint density at radius 1 is 0.766 bits per heavy atom. The van der Waals surface area contributed by atoms with Gasteiger partial charge in [-0.15, -0.1) is 0 Å². The molecule has 2 aliphatic heterocycles. The first kappa shape index (κ1) is 34.5. The molecule has 2 aliphatic rings. The highest BCUT2D eigenvalue weighted by Gasteiger charge is 2.23. The van der Waals surface area contributed by atoms with Crippen LogP contribution in [0.3, 0.4) is 0 Å². The maximum Gasteiger partial charge on any atom is 0.322 e. The maximum atomic E-state index is 13.1. The van der Waals surface area contributed by atoms with Gasteiger partial charge >= 0.3 is 12.0 Å². The molecular weight excluding hydrogens is 637 g/mol. The number of halogens is 2. The minimum atomic E-state index is -0.315. The molecule has 0 spiro atoms. The second kappa shape index (κ2) is 16.9. The molecule has 9 nitrogen and oxygen atoms in total. The van der Waals surface area contributed by atoms with Crippen molar-refractivity contribution in [3.63, 3.8) is 0 Å². The molecule has 0 radical (unpaired) electrons. The fourth-order valence-electron chi connectivity index (χ4n) is 5.86. The van der Waals surface area contributed by atoms with Crippen molar-refractivity contribution in [3.8, 4) is 0 Å². The van der Waals surface area contributed by atoms with E-state index >= 15 is 0 Å². The fraction of sp³-hybridized carbons (Fsp3) is 0.417. The van der Waals surface area contributed by atoms with Crippen molar-refractivity contribution in [2.45, 2.75) is 58.6 Å². The summed E-state index contributed by atoms with van der Waals surface area (Å²) in [4.78, 5) is 43.9. The Labute approximate surface area is 287 Å². The predicted molar refractivity (Wildman–Crippen MR) is 188 cm³/mol. The quantitative estimate of drug-likeness (QED) is 0.204. The number of benzene rings is 3. The van der Waals surface area contributed by atoms with Crippen LogP contribution >= 0.6 is 23.2 Å². The number of anilines is 3. The number of nitrogens with zero attached hydrogens (tertiary/aromatic N) is 3. The van der Waals surface area contributed by atoms with E-state index in [-0.39, 0.29) is 37.4 Å². The third kappa shape index (κ3) is 10.3. The number of aryl methyl sites for hydroxylation is 1. The topological polar surface area (TPSA) is 94.2 Å². The molecule has 11 heteroatoms. The van der Waals surface area contributed by atoms with E-state index in [2.05, 4.69) is 20.4 Å². The Morgan fingerprint density at radius 3 is 2.09 bits per heavy atom. The number of esters is 1. The molecular formula is C36H43Cl2N5O4. The van der Waals surface area contributed by atoms with Crippen molar-refractivity contribution in [1.82, 2.24) is 9.80 Å². The fourth-order valence-corrected chi connectivity index (χ4v) is 6.49. The molecule has 5 rings (SSSR count). The van der Waals surface area contributed by atoms with E-state index < -0.39 is 0 Å². The lowest BCUT2D eigenvalue weighted by Gasteiger charge is -2.36. The molecule has 0 unspecified atom stereocenters. The highest BCUT2D eigenvalue weighted by Crippen LogP contribution is 2.33. The highest BCUT2D eigenvalue weighted by atomic mass is 35.5. The zero-order valence-electron chi connectivity index (χ0n) is 26.9. The molecule has 3 aromatic rings. The normalized spacial score (nSPS) is 15.3. The molecule has 2 fully saturated rings. The van der Waals surface area contributed by atoms with Crippen molar-refractivity contribution >= 4 is 58.2 Å². The Balaban J connectivity index is 1.01. The average Bonchev–Trinajstić information content (AvgIpc) is 3.07. The molecule has 0 bridgehead atoms. The van der Waals surface area contributed by atoms with E-state index in [9.17, 15) is 14.4 Å². The minimum absolute atomic E-state index is 0.152. The summed E-state index contributed by atoms with van der Waals surface area (Å²) in [7, 11) is 0. The number of hydrogen-bond acceptors (Lipinski definition) is 6. The zero-order valence-corrected chi connectivity index (χ0v) is 28.4. The first-order valence-corrected chi connectivity index (χ1v) is 17.1. The summed E-state index contributed by atoms with van der Waals surface area (Å²) < 4.78 is 5.31. The third-order valence-electron chi connectivity index (χ3n) is 8.58. The number of urea groups is 1. The van der Waals surface area contributed by atoms with E-state index in [1.54, 1.807) is 4.90 Å². The van der Waals surface area contributed by atoms with Gasteiger partial charge < -0.3 is 25.2 Å². The van der Waals surface area contributed by atoms with E-state index in [0.29, 0.717) is 54.0 Å². The number of rotatable bonds is 11. The summed E-state index contributed by atoms with van der Waals surface area (Å²) in [5.74, 6) is -0.467. The molecule has 2 heterocycles. The first-order chi connectivity index (χ1) is 22.7. The van der Waals surface area contributed by atoms with Gasteiger partial charge in [0, 0.05) is 56.9 Å². The second-order valence-electron chi connectivity index (χ2n) is 12.3. The predicted octanol–water partition coefficient (Wildman–Crippen LogP) is 7.49. The smallest absolute Gasteiger partial charge is 0.322 e. The number of carbonyl (C=O) groups excluding carboxylic acids is 3. The van der Waals surface area contributed by atoms with Crippen LogP contribution in [0.2, 0.25) is 10.0 Å². The highest BCUT2D eigenvalue weighted by molar-refractivity contribution is 6.39. The van der Waals surface area contributed by atoms with E-state index in [0.717, 1.165) is 42.0 Å². The Hall–Kier alpha value is -3.79. The lowest BCUT2D eigenvalue weighted by molar-refractivity contribution is -0.145. The lowest BCUT2D eigenvalue weighted by Crippen LogP contribution is -2.50. The van der Waals surface area contributed by atoms with Gasteiger partial charge in [0.15, 0.2) is 0 Å². The Morgan fingerprint density at radius 2 is 1.43 bits per heavy atom. The summed E-state index contributed by atoms with van der Waals surface area (Å²) >= 11 is 13.1. The van der Waals surface area contributed by atoms with E-state index in [1.807, 2.05) is 67.6 Å². The molecule has 2 N–H and O–H groups in total. The van der Waals surface area contributed by atoms with Crippen molar-refractivity contribution in [1.29, 1.82) is 0 Å². The van der Waals surface area contributed by atoms with E-state index in [1.165, 1.54) is 19.3 Å². The SMILES string of the molecule is Cc1ccc(COC(=O)CCCC(=O)Nc2ccc(N3CCN(C(=O)Nc4c(Cl)cc(CN5CCCCC5)cc4Cl)CC3)cc2)cc1. The maximum absolute atomic E-state index is 13.1. The molecule has 0 atom stereocenters. The number of hydrogen-bond donors (Lipinski definition) is 2. The van der Waals surface area contributed by atoms with Crippen LogP contribution < -0.4 is 15.5 Å². The van der Waals surface area contributed by atoms with Gasteiger partial charge in [0.25, 0.3) is 0 Å². The average molecular weight is 681 g/mol. The van der Waals surface area contributed by atoms with Crippen molar-refractivity contribution in [2.75, 3.05) is 54.8 Å². The van der Waals surface area contributed by atoms with Gasteiger partial charge in [0.05, 0.1) is 15.7 Å². The largest absolute Gasteiger partial charge is 0.461 e. The molecule has 3 aromatic carbocycles. The zero-order chi connectivity index (χ0) is 33.2. The van der Waals surface area contributed by atoms with Crippen LogP contribution in [-0.2, 0) is 27.5 Å². The van der Waals surface area contributed by atoms with Crippen molar-refractivity contribution in [3.05, 3.63) is 87.4 Å². The van der Waals surface area contributed by atoms with Crippen LogP contribution in [0.5, 0.6) is 0 Å². The van der Waals surface area contributed by atoms with Gasteiger partial charge in [0.2, 0.25) is 5.91 Å². The number of nitrogens with one attached hydrogen (secondary N) is 2. The van der Waals surface area contributed by atoms with Crippen molar-refractivity contribution < 1.29 is 19.1 Å². The molecule has 0 saturated carbocycles. The molecule has 2 saturated heterocycles. The number of carbonyl (C=O) groups is 3. The summed E-state index contributed by atoms with van der Waals surface area (Å²) in [6, 6.07) is 19.0. The molecule has 0 aliphatic carbocycles. The standard InChI is InChI=1S/C36H43Cl2N5O4/c1-26-8-10-27(11-9-26)25-47-34(45)7-5-6-33(44)39-29-12-14-30(15-13-29)42-18-20-43(21-19-42)36(46)40-35-31(37)22-28(23-32(35)38)24-41-16-3-2-4-17-41/h8-15,22-23H,2-7,16-21,24-25H2,1H3,(H,39,44)(H,40,46). The van der Waals surface area contributed by atoms with Gasteiger partial charge in [-0.05, 0) is 86.8 Å². The van der Waals surface area contributed by atoms with E-state index in [4.69, 9.17) is 27.9 Å². The number of ether oxygens (including phenoxy) is 1. The van der Waals surface area contributed by atoms with Gasteiger partial charge in [-0.1, -0.05) is 59.5 Å². The Kier molecular flexibility index (Phi) is 12.4. The minimum Gasteiger partial charge on any atom is -0.461 e. The van der Waals surface area contributed by atoms with Crippen molar-refractivity contribution in [2.24, 2.45) is 0 Å². The second-order valence-corrected chi connectivity index (χ2v) is 13.1. The number of piperazine rings is 1. The summed E-state index contributed by atoms with van der Waals surface area (Å²) in [5.41, 5.74) is 5.28. The number of piperidine rings is 1. The van der Waals surface area contributed by atoms with Crippen LogP contribution in [0.4, 0.5) is 21.9 Å². The summed E-state index contributed by atoms with van der Waals surface area (Å²) in [5, 5.41) is 6.70. The van der Waals surface area contributed by atoms with Crippen LogP contribution in [0.1, 0.15) is 55.2 Å². The molecule has 3 amide bonds. The van der Waals surface area contributed by atoms with Crippen LogP contribution in [0, 0.1) is 6.92 Å². The lowest BCUT2D eigenvalue weighted by atomic mass is 10.1. The number of amides is 3. The van der Waals surface area contributed by atoms with Gasteiger partial charge in [-0.25, -0.2) is 4.79 Å². The third-order valence-corrected chi connectivity index (χ3v) is 9.17. The summed E-state index contributed by atoms with van der Waals surface area (Å²) in [6.45, 7) is 7.61. The van der Waals surface area contributed by atoms with Crippen LogP contribution in [0.25, 0.3) is 0 Å². The van der Waals surface area contributed by atoms with Gasteiger partial charge in [-0.2, -0.15) is 0 Å². The van der Waals surface area contributed by atoms with Gasteiger partial charge in [-0.3, -0.25) is 14.5 Å². The molecule has 0 aromatic heterocycles. The monoisotopic (exact) mass is 679 g/mol. The summed E-state index contributed by atoms with van der Waals surface area (Å²) in [6.07, 6.45) is 4.53.